The van der Waals surface area contributed by atoms with E-state index in [0.29, 0.717) is 13.1 Å². The van der Waals surface area contributed by atoms with Gasteiger partial charge in [-0.1, -0.05) is 0 Å². The largest absolute Gasteiger partial charge is 0.309 e. The lowest BCUT2D eigenvalue weighted by Gasteiger charge is -2.15. The Morgan fingerprint density at radius 1 is 1.40 bits per heavy atom. The molecular formula is C14H23N3O2S. The minimum absolute atomic E-state index is 0.0872. The van der Waals surface area contributed by atoms with E-state index >= 15 is 0 Å². The molecule has 1 atom stereocenters. The Kier molecular flexibility index (Phi) is 4.78. The summed E-state index contributed by atoms with van der Waals surface area (Å²) in [7, 11) is -3.08. The fourth-order valence-corrected chi connectivity index (χ4v) is 3.48. The van der Waals surface area contributed by atoms with Gasteiger partial charge in [0.1, 0.15) is 0 Å². The Hall–Kier alpha value is -0.980. The van der Waals surface area contributed by atoms with Gasteiger partial charge in [0.25, 0.3) is 0 Å². The highest BCUT2D eigenvalue weighted by Crippen LogP contribution is 2.27. The number of sulfonamides is 1. The first kappa shape index (κ1) is 15.4. The topological polar surface area (TPSA) is 71.1 Å². The number of nitrogens with zero attached hydrogens (tertiary/aromatic N) is 1. The minimum Gasteiger partial charge on any atom is -0.309 e. The van der Waals surface area contributed by atoms with Gasteiger partial charge in [0, 0.05) is 31.0 Å². The lowest BCUT2D eigenvalue weighted by atomic mass is 10.1. The van der Waals surface area contributed by atoms with Crippen molar-refractivity contribution < 1.29 is 8.42 Å². The van der Waals surface area contributed by atoms with Crippen molar-refractivity contribution in [3.8, 4) is 0 Å². The molecule has 0 aromatic carbocycles. The minimum atomic E-state index is -3.08. The third-order valence-corrected chi connectivity index (χ3v) is 5.47. The molecule has 1 aliphatic carbocycles. The lowest BCUT2D eigenvalue weighted by Crippen LogP contribution is -2.39. The van der Waals surface area contributed by atoms with Crippen LogP contribution in [0.2, 0.25) is 0 Å². The van der Waals surface area contributed by atoms with E-state index in [1.807, 2.05) is 20.0 Å². The van der Waals surface area contributed by atoms with Gasteiger partial charge in [-0.15, -0.1) is 0 Å². The highest BCUT2D eigenvalue weighted by molar-refractivity contribution is 7.90. The zero-order valence-corrected chi connectivity index (χ0v) is 13.1. The second-order valence-corrected chi connectivity index (χ2v) is 7.67. The summed E-state index contributed by atoms with van der Waals surface area (Å²) in [5.74, 6) is 0. The number of hydrogen-bond acceptors (Lipinski definition) is 4. The Bertz CT molecular complexity index is 568. The maximum absolute atomic E-state index is 11.7. The molecule has 0 aliphatic heterocycles. The molecule has 1 aromatic heterocycles. The van der Waals surface area contributed by atoms with Gasteiger partial charge in [0.05, 0.1) is 5.25 Å². The predicted molar refractivity (Wildman–Crippen MR) is 80.0 cm³/mol. The summed E-state index contributed by atoms with van der Waals surface area (Å²) in [6.45, 7) is 7.14. The molecule has 1 aromatic rings. The quantitative estimate of drug-likeness (QED) is 0.795. The third-order valence-electron chi connectivity index (χ3n) is 3.55. The Labute approximate surface area is 121 Å². The van der Waals surface area contributed by atoms with E-state index in [1.165, 1.54) is 5.56 Å². The number of aryl methyl sites for hydroxylation is 2. The number of aromatic nitrogens is 1. The molecule has 112 valence electrons. The van der Waals surface area contributed by atoms with E-state index in [0.717, 1.165) is 24.1 Å². The molecule has 0 radical (unpaired) electrons. The van der Waals surface area contributed by atoms with Crippen LogP contribution in [0.25, 0.3) is 0 Å². The van der Waals surface area contributed by atoms with Gasteiger partial charge in [-0.2, -0.15) is 0 Å². The summed E-state index contributed by atoms with van der Waals surface area (Å²) in [6, 6.07) is 2.14. The molecule has 1 heterocycles. The van der Waals surface area contributed by atoms with Crippen LogP contribution in [0.15, 0.2) is 12.3 Å². The van der Waals surface area contributed by atoms with Crippen molar-refractivity contribution >= 4 is 10.0 Å². The number of pyridine rings is 1. The van der Waals surface area contributed by atoms with Crippen LogP contribution in [0.5, 0.6) is 0 Å². The standard InChI is InChI=1S/C14H23N3O2S/c1-10-6-11(2)15-8-13(10)9-16-12(3)7-17-20(18,19)14-4-5-14/h6,8,12,14,16-17H,4-5,7,9H2,1-3H3. The Morgan fingerprint density at radius 2 is 2.10 bits per heavy atom. The summed E-state index contributed by atoms with van der Waals surface area (Å²) in [6.07, 6.45) is 3.47. The zero-order valence-electron chi connectivity index (χ0n) is 12.3. The van der Waals surface area contributed by atoms with Crippen molar-refractivity contribution in [3.63, 3.8) is 0 Å². The van der Waals surface area contributed by atoms with Gasteiger partial charge in [-0.3, -0.25) is 4.98 Å². The zero-order chi connectivity index (χ0) is 14.8. The van der Waals surface area contributed by atoms with E-state index in [2.05, 4.69) is 28.0 Å². The van der Waals surface area contributed by atoms with Crippen LogP contribution >= 0.6 is 0 Å². The lowest BCUT2D eigenvalue weighted by molar-refractivity contribution is 0.522. The van der Waals surface area contributed by atoms with E-state index in [-0.39, 0.29) is 11.3 Å². The molecular weight excluding hydrogens is 274 g/mol. The van der Waals surface area contributed by atoms with Crippen molar-refractivity contribution in [1.29, 1.82) is 0 Å². The fourth-order valence-electron chi connectivity index (χ4n) is 2.00. The Balaban J connectivity index is 1.78. The van der Waals surface area contributed by atoms with Crippen LogP contribution in [0, 0.1) is 13.8 Å². The van der Waals surface area contributed by atoms with Crippen LogP contribution in [0.4, 0.5) is 0 Å². The van der Waals surface area contributed by atoms with Gasteiger partial charge in [0.15, 0.2) is 0 Å². The molecule has 2 N–H and O–H groups in total. The number of rotatable bonds is 7. The maximum Gasteiger partial charge on any atom is 0.214 e. The molecule has 20 heavy (non-hydrogen) atoms. The average molecular weight is 297 g/mol. The molecule has 0 saturated heterocycles. The van der Waals surface area contributed by atoms with Crippen LogP contribution in [0.3, 0.4) is 0 Å². The van der Waals surface area contributed by atoms with Gasteiger partial charge in [-0.25, -0.2) is 13.1 Å². The Morgan fingerprint density at radius 3 is 2.70 bits per heavy atom. The van der Waals surface area contributed by atoms with Crippen molar-refractivity contribution in [2.45, 2.75) is 51.4 Å². The van der Waals surface area contributed by atoms with E-state index in [9.17, 15) is 8.42 Å². The van der Waals surface area contributed by atoms with Gasteiger partial charge in [-0.05, 0) is 50.8 Å². The second-order valence-electron chi connectivity index (χ2n) is 5.63. The molecule has 2 rings (SSSR count). The van der Waals surface area contributed by atoms with E-state index < -0.39 is 10.0 Å². The second kappa shape index (κ2) is 6.20. The SMILES string of the molecule is Cc1cc(C)c(CNC(C)CNS(=O)(=O)C2CC2)cn1. The number of hydrogen-bond donors (Lipinski definition) is 2. The molecule has 0 bridgehead atoms. The van der Waals surface area contributed by atoms with Crippen molar-refractivity contribution in [2.24, 2.45) is 0 Å². The van der Waals surface area contributed by atoms with Crippen LogP contribution in [-0.4, -0.2) is 31.2 Å². The van der Waals surface area contributed by atoms with Crippen LogP contribution < -0.4 is 10.0 Å². The molecule has 0 spiro atoms. The van der Waals surface area contributed by atoms with E-state index in [4.69, 9.17) is 0 Å². The average Bonchev–Trinajstić information content (AvgIpc) is 3.20. The molecule has 6 heteroatoms. The molecule has 1 aliphatic rings. The molecule has 0 amide bonds. The van der Waals surface area contributed by atoms with Gasteiger partial charge >= 0.3 is 0 Å². The third kappa shape index (κ3) is 4.26. The molecule has 1 saturated carbocycles. The highest BCUT2D eigenvalue weighted by Gasteiger charge is 2.35. The van der Waals surface area contributed by atoms with Crippen molar-refractivity contribution in [3.05, 3.63) is 29.1 Å². The predicted octanol–water partition coefficient (Wildman–Crippen LogP) is 1.26. The van der Waals surface area contributed by atoms with Gasteiger partial charge in [0.2, 0.25) is 10.0 Å². The van der Waals surface area contributed by atoms with Crippen LogP contribution in [-0.2, 0) is 16.6 Å². The smallest absolute Gasteiger partial charge is 0.214 e. The monoisotopic (exact) mass is 297 g/mol. The van der Waals surface area contributed by atoms with Crippen LogP contribution in [0.1, 0.15) is 36.6 Å². The molecule has 1 unspecified atom stereocenters. The number of nitrogens with one attached hydrogen (secondary N) is 2. The highest BCUT2D eigenvalue weighted by atomic mass is 32.2. The molecule has 1 fully saturated rings. The first-order valence-corrected chi connectivity index (χ1v) is 8.57. The summed E-state index contributed by atoms with van der Waals surface area (Å²) in [5, 5.41) is 3.17. The summed E-state index contributed by atoms with van der Waals surface area (Å²) < 4.78 is 26.1. The maximum atomic E-state index is 11.7. The summed E-state index contributed by atoms with van der Waals surface area (Å²) >= 11 is 0. The van der Waals surface area contributed by atoms with Gasteiger partial charge < -0.3 is 5.32 Å². The van der Waals surface area contributed by atoms with Crippen molar-refractivity contribution in [1.82, 2.24) is 15.0 Å². The fraction of sp³-hybridized carbons (Fsp3) is 0.643. The molecule has 5 nitrogen and oxygen atoms in total. The summed E-state index contributed by atoms with van der Waals surface area (Å²) in [5.41, 5.74) is 3.36. The summed E-state index contributed by atoms with van der Waals surface area (Å²) in [4.78, 5) is 4.28. The van der Waals surface area contributed by atoms with E-state index in [1.54, 1.807) is 0 Å². The normalized spacial score (nSPS) is 17.1. The van der Waals surface area contributed by atoms with Crippen molar-refractivity contribution in [2.75, 3.05) is 6.54 Å². The first-order valence-electron chi connectivity index (χ1n) is 7.02. The first-order chi connectivity index (χ1) is 9.38.